The van der Waals surface area contributed by atoms with Crippen molar-refractivity contribution in [3.63, 3.8) is 0 Å². The van der Waals surface area contributed by atoms with Crippen molar-refractivity contribution in [1.29, 1.82) is 0 Å². The van der Waals surface area contributed by atoms with Gasteiger partial charge >= 0.3 is 0 Å². The Labute approximate surface area is 135 Å². The summed E-state index contributed by atoms with van der Waals surface area (Å²) in [6.07, 6.45) is 0.713. The standard InChI is InChI=1S/C15H19ClN2O3S/c16-13-3-1-2-12(10-13)15(19)18-7-5-17(6-8-18)14-4-9-22(20,21)11-14/h1-3,10,14H,4-9,11H2. The molecule has 0 aliphatic carbocycles. The van der Waals surface area contributed by atoms with E-state index in [0.29, 0.717) is 35.8 Å². The SMILES string of the molecule is O=C(c1cccc(Cl)c1)N1CCN(C2CCS(=O)(=O)C2)CC1. The van der Waals surface area contributed by atoms with Gasteiger partial charge in [0.05, 0.1) is 11.5 Å². The largest absolute Gasteiger partial charge is 0.336 e. The number of hydrogen-bond acceptors (Lipinski definition) is 4. The van der Waals surface area contributed by atoms with Crippen LogP contribution in [0.3, 0.4) is 0 Å². The summed E-state index contributed by atoms with van der Waals surface area (Å²) in [5.41, 5.74) is 0.601. The number of piperazine rings is 1. The molecule has 0 N–H and O–H groups in total. The molecular weight excluding hydrogens is 324 g/mol. The van der Waals surface area contributed by atoms with Crippen LogP contribution in [0.5, 0.6) is 0 Å². The third kappa shape index (κ3) is 3.45. The quantitative estimate of drug-likeness (QED) is 0.812. The van der Waals surface area contributed by atoms with Crippen molar-refractivity contribution in [3.8, 4) is 0 Å². The summed E-state index contributed by atoms with van der Waals surface area (Å²) < 4.78 is 23.1. The Morgan fingerprint density at radius 2 is 1.91 bits per heavy atom. The smallest absolute Gasteiger partial charge is 0.253 e. The number of amides is 1. The number of rotatable bonds is 2. The minimum Gasteiger partial charge on any atom is -0.336 e. The van der Waals surface area contributed by atoms with E-state index in [1.165, 1.54) is 0 Å². The zero-order valence-electron chi connectivity index (χ0n) is 12.2. The molecule has 2 aliphatic rings. The fraction of sp³-hybridized carbons (Fsp3) is 0.533. The van der Waals surface area contributed by atoms with Gasteiger partial charge in [-0.25, -0.2) is 8.42 Å². The molecule has 22 heavy (non-hydrogen) atoms. The molecule has 0 radical (unpaired) electrons. The lowest BCUT2D eigenvalue weighted by Gasteiger charge is -2.37. The summed E-state index contributed by atoms with van der Waals surface area (Å²) in [6, 6.07) is 7.09. The predicted octanol–water partition coefficient (Wildman–Crippen LogP) is 1.28. The van der Waals surface area contributed by atoms with E-state index in [-0.39, 0.29) is 17.7 Å². The van der Waals surface area contributed by atoms with Gasteiger partial charge in [0, 0.05) is 42.8 Å². The van der Waals surface area contributed by atoms with E-state index in [0.717, 1.165) is 13.1 Å². The highest BCUT2D eigenvalue weighted by Crippen LogP contribution is 2.20. The van der Waals surface area contributed by atoms with E-state index in [4.69, 9.17) is 11.6 Å². The monoisotopic (exact) mass is 342 g/mol. The number of carbonyl (C=O) groups is 1. The molecule has 2 aliphatic heterocycles. The lowest BCUT2D eigenvalue weighted by molar-refractivity contribution is 0.0588. The summed E-state index contributed by atoms with van der Waals surface area (Å²) >= 11 is 5.93. The lowest BCUT2D eigenvalue weighted by Crippen LogP contribution is -2.52. The maximum Gasteiger partial charge on any atom is 0.253 e. The van der Waals surface area contributed by atoms with E-state index < -0.39 is 9.84 Å². The number of benzene rings is 1. The summed E-state index contributed by atoms with van der Waals surface area (Å²) in [5, 5.41) is 0.556. The maximum atomic E-state index is 12.4. The molecule has 0 spiro atoms. The van der Waals surface area contributed by atoms with Crippen LogP contribution in [0, 0.1) is 0 Å². The van der Waals surface area contributed by atoms with Crippen LogP contribution in [-0.4, -0.2) is 67.9 Å². The van der Waals surface area contributed by atoms with Gasteiger partial charge in [0.1, 0.15) is 0 Å². The first-order valence-electron chi connectivity index (χ1n) is 7.44. The van der Waals surface area contributed by atoms with Crippen molar-refractivity contribution in [2.24, 2.45) is 0 Å². The lowest BCUT2D eigenvalue weighted by atomic mass is 10.1. The van der Waals surface area contributed by atoms with E-state index in [2.05, 4.69) is 4.90 Å². The van der Waals surface area contributed by atoms with Crippen LogP contribution in [0.15, 0.2) is 24.3 Å². The molecule has 1 unspecified atom stereocenters. The molecule has 1 atom stereocenters. The maximum absolute atomic E-state index is 12.4. The first-order chi connectivity index (χ1) is 10.4. The van der Waals surface area contributed by atoms with Gasteiger partial charge in [-0.3, -0.25) is 9.69 Å². The topological polar surface area (TPSA) is 57.7 Å². The number of hydrogen-bond donors (Lipinski definition) is 0. The Morgan fingerprint density at radius 1 is 1.18 bits per heavy atom. The van der Waals surface area contributed by atoms with Crippen LogP contribution >= 0.6 is 11.6 Å². The number of carbonyl (C=O) groups excluding carboxylic acids is 1. The number of nitrogens with zero attached hydrogens (tertiary/aromatic N) is 2. The molecule has 2 saturated heterocycles. The molecule has 1 aromatic carbocycles. The first-order valence-corrected chi connectivity index (χ1v) is 9.64. The van der Waals surface area contributed by atoms with Gasteiger partial charge < -0.3 is 4.90 Å². The molecule has 1 aromatic rings. The van der Waals surface area contributed by atoms with Crippen LogP contribution in [0.25, 0.3) is 0 Å². The second-order valence-electron chi connectivity index (χ2n) is 5.90. The number of halogens is 1. The molecule has 0 bridgehead atoms. The molecule has 0 aromatic heterocycles. The highest BCUT2D eigenvalue weighted by molar-refractivity contribution is 7.91. The fourth-order valence-electron chi connectivity index (χ4n) is 3.16. The van der Waals surface area contributed by atoms with Crippen molar-refractivity contribution >= 4 is 27.3 Å². The van der Waals surface area contributed by atoms with Crippen molar-refractivity contribution in [1.82, 2.24) is 9.80 Å². The van der Waals surface area contributed by atoms with E-state index in [1.807, 2.05) is 4.90 Å². The van der Waals surface area contributed by atoms with Gasteiger partial charge in [0.2, 0.25) is 0 Å². The zero-order chi connectivity index (χ0) is 15.7. The molecule has 7 heteroatoms. The van der Waals surface area contributed by atoms with Crippen molar-refractivity contribution in [2.75, 3.05) is 37.7 Å². The van der Waals surface area contributed by atoms with E-state index in [9.17, 15) is 13.2 Å². The van der Waals surface area contributed by atoms with Crippen molar-refractivity contribution in [3.05, 3.63) is 34.9 Å². The minimum atomic E-state index is -2.86. The van der Waals surface area contributed by atoms with Crippen LogP contribution < -0.4 is 0 Å². The number of sulfone groups is 1. The summed E-state index contributed by atoms with van der Waals surface area (Å²) in [5.74, 6) is 0.537. The van der Waals surface area contributed by atoms with Crippen LogP contribution in [0.2, 0.25) is 5.02 Å². The summed E-state index contributed by atoms with van der Waals surface area (Å²) in [4.78, 5) is 16.4. The van der Waals surface area contributed by atoms with E-state index >= 15 is 0 Å². The van der Waals surface area contributed by atoms with Crippen LogP contribution in [0.1, 0.15) is 16.8 Å². The molecular formula is C15H19ClN2O3S. The average Bonchev–Trinajstić information content (AvgIpc) is 2.87. The molecule has 5 nitrogen and oxygen atoms in total. The Kier molecular flexibility index (Phi) is 4.43. The minimum absolute atomic E-state index is 0.0128. The predicted molar refractivity (Wildman–Crippen MR) is 86.0 cm³/mol. The normalized spacial score (nSPS) is 25.3. The van der Waals surface area contributed by atoms with Crippen LogP contribution in [-0.2, 0) is 9.84 Å². The summed E-state index contributed by atoms with van der Waals surface area (Å²) in [6.45, 7) is 2.71. The summed E-state index contributed by atoms with van der Waals surface area (Å²) in [7, 11) is -2.86. The van der Waals surface area contributed by atoms with Gasteiger partial charge in [0.15, 0.2) is 9.84 Å². The molecule has 2 fully saturated rings. The van der Waals surface area contributed by atoms with Crippen LogP contribution in [0.4, 0.5) is 0 Å². The van der Waals surface area contributed by atoms with Crippen molar-refractivity contribution < 1.29 is 13.2 Å². The van der Waals surface area contributed by atoms with Gasteiger partial charge in [-0.1, -0.05) is 17.7 Å². The Bertz CT molecular complexity index is 669. The molecule has 3 rings (SSSR count). The molecule has 120 valence electrons. The fourth-order valence-corrected chi connectivity index (χ4v) is 5.11. The first kappa shape index (κ1) is 15.8. The van der Waals surface area contributed by atoms with Gasteiger partial charge in [-0.05, 0) is 24.6 Å². The molecule has 1 amide bonds. The Balaban J connectivity index is 1.59. The highest BCUT2D eigenvalue weighted by atomic mass is 35.5. The van der Waals surface area contributed by atoms with Gasteiger partial charge in [0.25, 0.3) is 5.91 Å². The van der Waals surface area contributed by atoms with Gasteiger partial charge in [-0.15, -0.1) is 0 Å². The molecule has 0 saturated carbocycles. The zero-order valence-corrected chi connectivity index (χ0v) is 13.8. The molecule has 2 heterocycles. The Hall–Kier alpha value is -1.11. The third-order valence-electron chi connectivity index (χ3n) is 4.40. The second-order valence-corrected chi connectivity index (χ2v) is 8.56. The highest BCUT2D eigenvalue weighted by Gasteiger charge is 2.34. The second kappa shape index (κ2) is 6.18. The van der Waals surface area contributed by atoms with Crippen molar-refractivity contribution in [2.45, 2.75) is 12.5 Å². The Morgan fingerprint density at radius 3 is 2.50 bits per heavy atom. The average molecular weight is 343 g/mol. The third-order valence-corrected chi connectivity index (χ3v) is 6.38. The van der Waals surface area contributed by atoms with Gasteiger partial charge in [-0.2, -0.15) is 0 Å². The van der Waals surface area contributed by atoms with E-state index in [1.54, 1.807) is 24.3 Å².